The fourth-order valence-corrected chi connectivity index (χ4v) is 2.02. The van der Waals surface area contributed by atoms with Gasteiger partial charge in [-0.1, -0.05) is 18.2 Å². The summed E-state index contributed by atoms with van der Waals surface area (Å²) in [5, 5.41) is 2.87. The molecule has 1 atom stereocenters. The SMILES string of the molecule is CNC(COc1cc(F)ccc1C)c1cccc(F)c1F. The van der Waals surface area contributed by atoms with Crippen molar-refractivity contribution in [3.8, 4) is 5.75 Å². The van der Waals surface area contributed by atoms with Crippen LogP contribution >= 0.6 is 0 Å². The fraction of sp³-hybridized carbons (Fsp3) is 0.250. The van der Waals surface area contributed by atoms with Gasteiger partial charge in [0.25, 0.3) is 0 Å². The number of rotatable bonds is 5. The van der Waals surface area contributed by atoms with Gasteiger partial charge in [0.15, 0.2) is 11.6 Å². The van der Waals surface area contributed by atoms with Crippen molar-refractivity contribution in [3.63, 3.8) is 0 Å². The molecule has 0 spiro atoms. The standard InChI is InChI=1S/C16H16F3NO/c1-10-6-7-11(17)8-15(10)21-9-14(20-2)12-4-3-5-13(18)16(12)19/h3-8,14,20H,9H2,1-2H3. The van der Waals surface area contributed by atoms with Gasteiger partial charge in [0.1, 0.15) is 18.2 Å². The summed E-state index contributed by atoms with van der Waals surface area (Å²) in [5.41, 5.74) is 0.942. The van der Waals surface area contributed by atoms with Crippen LogP contribution in [-0.4, -0.2) is 13.7 Å². The van der Waals surface area contributed by atoms with Gasteiger partial charge in [0.2, 0.25) is 0 Å². The predicted molar refractivity (Wildman–Crippen MR) is 74.8 cm³/mol. The van der Waals surface area contributed by atoms with Crippen LogP contribution in [0.5, 0.6) is 5.75 Å². The van der Waals surface area contributed by atoms with Crippen molar-refractivity contribution in [2.24, 2.45) is 0 Å². The molecule has 0 aliphatic carbocycles. The Balaban J connectivity index is 2.16. The molecule has 0 aliphatic heterocycles. The Hall–Kier alpha value is -2.01. The molecular formula is C16H16F3NO. The van der Waals surface area contributed by atoms with Gasteiger partial charge in [0, 0.05) is 11.6 Å². The highest BCUT2D eigenvalue weighted by molar-refractivity contribution is 5.33. The van der Waals surface area contributed by atoms with Crippen LogP contribution in [0.3, 0.4) is 0 Å². The molecule has 112 valence electrons. The number of hydrogen-bond acceptors (Lipinski definition) is 2. The number of benzene rings is 2. The maximum atomic E-state index is 13.8. The highest BCUT2D eigenvalue weighted by Gasteiger charge is 2.17. The Bertz CT molecular complexity index is 631. The van der Waals surface area contributed by atoms with Gasteiger partial charge < -0.3 is 10.1 Å². The molecule has 0 aromatic heterocycles. The van der Waals surface area contributed by atoms with Crippen molar-refractivity contribution in [1.29, 1.82) is 0 Å². The molecule has 0 heterocycles. The average molecular weight is 295 g/mol. The number of likely N-dealkylation sites (N-methyl/N-ethyl adjacent to an activating group) is 1. The van der Waals surface area contributed by atoms with Crippen molar-refractivity contribution >= 4 is 0 Å². The molecule has 21 heavy (non-hydrogen) atoms. The molecule has 0 saturated heterocycles. The molecule has 2 nitrogen and oxygen atoms in total. The van der Waals surface area contributed by atoms with Crippen LogP contribution in [0, 0.1) is 24.4 Å². The molecule has 1 N–H and O–H groups in total. The minimum absolute atomic E-state index is 0.0567. The molecule has 2 aromatic rings. The van der Waals surface area contributed by atoms with Gasteiger partial charge in [-0.05, 0) is 31.7 Å². The minimum Gasteiger partial charge on any atom is -0.491 e. The van der Waals surface area contributed by atoms with E-state index in [1.807, 2.05) is 0 Å². The third-order valence-corrected chi connectivity index (χ3v) is 3.26. The second kappa shape index (κ2) is 6.63. The van der Waals surface area contributed by atoms with Gasteiger partial charge in [-0.25, -0.2) is 13.2 Å². The number of nitrogens with one attached hydrogen (secondary N) is 1. The first kappa shape index (κ1) is 15.4. The summed E-state index contributed by atoms with van der Waals surface area (Å²) in [7, 11) is 1.62. The second-order valence-electron chi connectivity index (χ2n) is 4.71. The summed E-state index contributed by atoms with van der Waals surface area (Å²) >= 11 is 0. The van der Waals surface area contributed by atoms with E-state index in [0.717, 1.165) is 11.6 Å². The van der Waals surface area contributed by atoms with Gasteiger partial charge in [0.05, 0.1) is 6.04 Å². The van der Waals surface area contributed by atoms with Gasteiger partial charge >= 0.3 is 0 Å². The largest absolute Gasteiger partial charge is 0.491 e. The van der Waals surface area contributed by atoms with Gasteiger partial charge in [-0.3, -0.25) is 0 Å². The van der Waals surface area contributed by atoms with E-state index in [4.69, 9.17) is 4.74 Å². The predicted octanol–water partition coefficient (Wildman–Crippen LogP) is 3.75. The molecule has 0 saturated carbocycles. The summed E-state index contributed by atoms with van der Waals surface area (Å²) < 4.78 is 45.8. The van der Waals surface area contributed by atoms with Crippen LogP contribution in [0.1, 0.15) is 17.2 Å². The molecule has 0 bridgehead atoms. The summed E-state index contributed by atoms with van der Waals surface area (Å²) in [4.78, 5) is 0. The lowest BCUT2D eigenvalue weighted by Crippen LogP contribution is -2.24. The van der Waals surface area contributed by atoms with Crippen LogP contribution < -0.4 is 10.1 Å². The quantitative estimate of drug-likeness (QED) is 0.907. The smallest absolute Gasteiger partial charge is 0.163 e. The topological polar surface area (TPSA) is 21.3 Å². The third kappa shape index (κ3) is 3.55. The van der Waals surface area contributed by atoms with Crippen molar-refractivity contribution in [2.45, 2.75) is 13.0 Å². The molecule has 0 radical (unpaired) electrons. The van der Waals surface area contributed by atoms with E-state index in [1.165, 1.54) is 24.3 Å². The first-order valence-corrected chi connectivity index (χ1v) is 6.53. The van der Waals surface area contributed by atoms with E-state index in [2.05, 4.69) is 5.32 Å². The van der Waals surface area contributed by atoms with E-state index in [-0.39, 0.29) is 12.2 Å². The monoisotopic (exact) mass is 295 g/mol. The normalized spacial score (nSPS) is 12.2. The first-order valence-electron chi connectivity index (χ1n) is 6.53. The molecular weight excluding hydrogens is 279 g/mol. The highest BCUT2D eigenvalue weighted by Crippen LogP contribution is 2.23. The second-order valence-corrected chi connectivity index (χ2v) is 4.71. The van der Waals surface area contributed by atoms with Crippen LogP contribution in [0.2, 0.25) is 0 Å². The van der Waals surface area contributed by atoms with Crippen molar-refractivity contribution < 1.29 is 17.9 Å². The van der Waals surface area contributed by atoms with Crippen molar-refractivity contribution in [1.82, 2.24) is 5.32 Å². The summed E-state index contributed by atoms with van der Waals surface area (Å²) in [6, 6.07) is 7.65. The minimum atomic E-state index is -0.908. The number of ether oxygens (including phenoxy) is 1. The summed E-state index contributed by atoms with van der Waals surface area (Å²) in [5.74, 6) is -1.84. The zero-order chi connectivity index (χ0) is 15.4. The molecule has 0 aliphatic rings. The molecule has 5 heteroatoms. The highest BCUT2D eigenvalue weighted by atomic mass is 19.2. The Morgan fingerprint density at radius 1 is 1.14 bits per heavy atom. The lowest BCUT2D eigenvalue weighted by atomic mass is 10.1. The molecule has 0 fully saturated rings. The Morgan fingerprint density at radius 2 is 1.90 bits per heavy atom. The van der Waals surface area contributed by atoms with E-state index in [0.29, 0.717) is 5.75 Å². The fourth-order valence-electron chi connectivity index (χ4n) is 2.02. The average Bonchev–Trinajstić information content (AvgIpc) is 2.47. The Labute approximate surface area is 121 Å². The molecule has 1 unspecified atom stereocenters. The van der Waals surface area contributed by atoms with Crippen molar-refractivity contribution in [3.05, 3.63) is 65.0 Å². The van der Waals surface area contributed by atoms with Crippen LogP contribution in [-0.2, 0) is 0 Å². The summed E-state index contributed by atoms with van der Waals surface area (Å²) in [6.45, 7) is 1.84. The zero-order valence-corrected chi connectivity index (χ0v) is 11.8. The van der Waals surface area contributed by atoms with E-state index in [1.54, 1.807) is 20.0 Å². The number of aryl methyl sites for hydroxylation is 1. The molecule has 0 amide bonds. The van der Waals surface area contributed by atoms with Crippen LogP contribution in [0.4, 0.5) is 13.2 Å². The number of hydrogen-bond donors (Lipinski definition) is 1. The number of halogens is 3. The Morgan fingerprint density at radius 3 is 2.62 bits per heavy atom. The third-order valence-electron chi connectivity index (χ3n) is 3.26. The Kier molecular flexibility index (Phi) is 4.85. The van der Waals surface area contributed by atoms with E-state index < -0.39 is 23.5 Å². The zero-order valence-electron chi connectivity index (χ0n) is 11.8. The maximum absolute atomic E-state index is 13.8. The maximum Gasteiger partial charge on any atom is 0.163 e. The molecule has 2 rings (SSSR count). The van der Waals surface area contributed by atoms with Gasteiger partial charge in [-0.2, -0.15) is 0 Å². The van der Waals surface area contributed by atoms with Crippen LogP contribution in [0.15, 0.2) is 36.4 Å². The van der Waals surface area contributed by atoms with E-state index >= 15 is 0 Å². The van der Waals surface area contributed by atoms with E-state index in [9.17, 15) is 13.2 Å². The van der Waals surface area contributed by atoms with Crippen LogP contribution in [0.25, 0.3) is 0 Å². The lowest BCUT2D eigenvalue weighted by Gasteiger charge is -2.19. The first-order chi connectivity index (χ1) is 10.0. The summed E-state index contributed by atoms with van der Waals surface area (Å²) in [6.07, 6.45) is 0. The van der Waals surface area contributed by atoms with Gasteiger partial charge in [-0.15, -0.1) is 0 Å². The molecule has 2 aromatic carbocycles. The van der Waals surface area contributed by atoms with Crippen molar-refractivity contribution in [2.75, 3.05) is 13.7 Å². The lowest BCUT2D eigenvalue weighted by molar-refractivity contribution is 0.266.